The van der Waals surface area contributed by atoms with Crippen molar-refractivity contribution in [1.29, 1.82) is 0 Å². The average molecular weight is 456 g/mol. The first-order valence-electron chi connectivity index (χ1n) is 10.6. The molecule has 7 nitrogen and oxygen atoms in total. The van der Waals surface area contributed by atoms with Crippen LogP contribution in [0, 0.1) is 12.7 Å². The molecule has 1 aliphatic heterocycles. The number of ether oxygens (including phenoxy) is 2. The highest BCUT2D eigenvalue weighted by molar-refractivity contribution is 6.09. The highest BCUT2D eigenvalue weighted by atomic mass is 19.1. The summed E-state index contributed by atoms with van der Waals surface area (Å²) in [4.78, 5) is 23.5. The van der Waals surface area contributed by atoms with Crippen LogP contribution in [0.4, 0.5) is 10.2 Å². The number of nitrogens with zero attached hydrogens (tertiary/aromatic N) is 4. The zero-order valence-electron chi connectivity index (χ0n) is 18.6. The minimum atomic E-state index is -0.344. The summed E-state index contributed by atoms with van der Waals surface area (Å²) in [5.41, 5.74) is 3.22. The number of pyridine rings is 1. The molecule has 0 saturated carbocycles. The van der Waals surface area contributed by atoms with Crippen molar-refractivity contribution in [3.8, 4) is 17.2 Å². The fraction of sp³-hybridized carbons (Fsp3) is 0.115. The van der Waals surface area contributed by atoms with E-state index in [4.69, 9.17) is 9.47 Å². The van der Waals surface area contributed by atoms with Gasteiger partial charge in [0.25, 0.3) is 5.91 Å². The van der Waals surface area contributed by atoms with E-state index >= 15 is 0 Å². The summed E-state index contributed by atoms with van der Waals surface area (Å²) < 4.78 is 26.7. The van der Waals surface area contributed by atoms with Gasteiger partial charge < -0.3 is 14.0 Å². The van der Waals surface area contributed by atoms with Gasteiger partial charge in [0, 0.05) is 12.4 Å². The number of benzene rings is 2. The number of hydrogen-bond acceptors (Lipinski definition) is 5. The molecule has 0 fully saturated rings. The molecule has 0 atom stereocenters. The maximum atomic E-state index is 13.4. The van der Waals surface area contributed by atoms with E-state index in [9.17, 15) is 9.18 Å². The Morgan fingerprint density at radius 2 is 1.94 bits per heavy atom. The van der Waals surface area contributed by atoms with Crippen LogP contribution in [0.5, 0.6) is 11.5 Å². The molecule has 0 N–H and O–H groups in total. The average Bonchev–Trinajstić information content (AvgIpc) is 3.28. The lowest BCUT2D eigenvalue weighted by molar-refractivity contribution is -0.117. The summed E-state index contributed by atoms with van der Waals surface area (Å²) in [6.45, 7) is 2.14. The number of imidazole rings is 1. The number of anilines is 1. The van der Waals surface area contributed by atoms with Crippen molar-refractivity contribution in [3.05, 3.63) is 102 Å². The first kappa shape index (κ1) is 21.4. The van der Waals surface area contributed by atoms with Gasteiger partial charge in [0.2, 0.25) is 0 Å². The minimum absolute atomic E-state index is 0.149. The molecule has 0 spiro atoms. The van der Waals surface area contributed by atoms with E-state index in [0.717, 1.165) is 22.5 Å². The number of aromatic nitrogens is 3. The van der Waals surface area contributed by atoms with E-state index in [0.29, 0.717) is 17.3 Å². The lowest BCUT2D eigenvalue weighted by Crippen LogP contribution is -2.37. The van der Waals surface area contributed by atoms with Gasteiger partial charge in [-0.3, -0.25) is 9.69 Å². The molecular formula is C26H21FN4O3. The van der Waals surface area contributed by atoms with Gasteiger partial charge in [0.05, 0.1) is 31.4 Å². The number of methoxy groups -OCH3 is 1. The Balaban J connectivity index is 1.50. The second kappa shape index (κ2) is 8.82. The SMILES string of the molecule is COc1cc(C=C2Oc3cccnc3N(Cc3ccc(F)cc3)C2=O)ccc1-n1cnc(C)c1. The van der Waals surface area contributed by atoms with Gasteiger partial charge in [0.1, 0.15) is 11.6 Å². The number of carbonyl (C=O) groups is 1. The van der Waals surface area contributed by atoms with Crippen molar-refractivity contribution < 1.29 is 18.7 Å². The van der Waals surface area contributed by atoms with Crippen LogP contribution >= 0.6 is 0 Å². The van der Waals surface area contributed by atoms with Crippen LogP contribution in [-0.2, 0) is 11.3 Å². The third-order valence-electron chi connectivity index (χ3n) is 5.43. The Morgan fingerprint density at radius 1 is 1.12 bits per heavy atom. The second-order valence-corrected chi connectivity index (χ2v) is 7.81. The van der Waals surface area contributed by atoms with Crippen molar-refractivity contribution in [2.75, 3.05) is 12.0 Å². The van der Waals surface area contributed by atoms with Crippen LogP contribution in [0.3, 0.4) is 0 Å². The predicted octanol–water partition coefficient (Wildman–Crippen LogP) is 4.69. The van der Waals surface area contributed by atoms with E-state index in [1.54, 1.807) is 50.0 Å². The molecule has 4 aromatic rings. The molecule has 1 aliphatic rings. The molecule has 34 heavy (non-hydrogen) atoms. The minimum Gasteiger partial charge on any atom is -0.495 e. The summed E-state index contributed by atoms with van der Waals surface area (Å²) in [5.74, 6) is 0.977. The summed E-state index contributed by atoms with van der Waals surface area (Å²) >= 11 is 0. The van der Waals surface area contributed by atoms with E-state index in [1.807, 2.05) is 35.9 Å². The third kappa shape index (κ3) is 4.13. The van der Waals surface area contributed by atoms with Crippen LogP contribution in [0.15, 0.2) is 79.1 Å². The van der Waals surface area contributed by atoms with Gasteiger partial charge in [-0.25, -0.2) is 14.4 Å². The molecule has 0 aliphatic carbocycles. The van der Waals surface area contributed by atoms with Gasteiger partial charge in [-0.15, -0.1) is 0 Å². The number of hydrogen-bond donors (Lipinski definition) is 0. The molecule has 3 heterocycles. The monoisotopic (exact) mass is 456 g/mol. The molecule has 170 valence electrons. The van der Waals surface area contributed by atoms with E-state index < -0.39 is 0 Å². The molecule has 1 amide bonds. The van der Waals surface area contributed by atoms with Gasteiger partial charge in [-0.05, 0) is 60.5 Å². The standard InChI is InChI=1S/C26H21FN4O3/c1-17-14-30(16-29-17)21-10-7-19(12-23(21)33-2)13-24-26(32)31(15-18-5-8-20(27)9-6-18)25-22(34-24)4-3-11-28-25/h3-14,16H,15H2,1-2H3. The zero-order valence-corrected chi connectivity index (χ0v) is 18.6. The van der Waals surface area contributed by atoms with Gasteiger partial charge >= 0.3 is 0 Å². The van der Waals surface area contributed by atoms with Gasteiger partial charge in [0.15, 0.2) is 17.3 Å². The Morgan fingerprint density at radius 3 is 2.68 bits per heavy atom. The first-order valence-corrected chi connectivity index (χ1v) is 10.6. The van der Waals surface area contributed by atoms with Crippen LogP contribution in [-0.4, -0.2) is 27.6 Å². The molecule has 0 unspecified atom stereocenters. The molecule has 0 saturated heterocycles. The lowest BCUT2D eigenvalue weighted by Gasteiger charge is -2.29. The van der Waals surface area contributed by atoms with Crippen molar-refractivity contribution in [2.45, 2.75) is 13.5 Å². The number of aryl methyl sites for hydroxylation is 1. The summed E-state index contributed by atoms with van der Waals surface area (Å²) in [6.07, 6.45) is 6.89. The highest BCUT2D eigenvalue weighted by Crippen LogP contribution is 2.35. The van der Waals surface area contributed by atoms with Crippen LogP contribution < -0.4 is 14.4 Å². The smallest absolute Gasteiger partial charge is 0.295 e. The lowest BCUT2D eigenvalue weighted by atomic mass is 10.1. The van der Waals surface area contributed by atoms with Gasteiger partial charge in [-0.1, -0.05) is 18.2 Å². The second-order valence-electron chi connectivity index (χ2n) is 7.81. The first-order chi connectivity index (χ1) is 16.5. The van der Waals surface area contributed by atoms with Crippen molar-refractivity contribution in [1.82, 2.24) is 14.5 Å². The number of rotatable bonds is 5. The number of halogens is 1. The number of carbonyl (C=O) groups excluding carboxylic acids is 1. The Hall–Kier alpha value is -4.46. The Labute approximate surface area is 195 Å². The van der Waals surface area contributed by atoms with E-state index in [2.05, 4.69) is 9.97 Å². The Bertz CT molecular complexity index is 1400. The third-order valence-corrected chi connectivity index (χ3v) is 5.43. The molecule has 8 heteroatoms. The largest absolute Gasteiger partial charge is 0.495 e. The summed E-state index contributed by atoms with van der Waals surface area (Å²) in [7, 11) is 1.59. The fourth-order valence-corrected chi connectivity index (χ4v) is 3.77. The van der Waals surface area contributed by atoms with Crippen molar-refractivity contribution in [2.24, 2.45) is 0 Å². The zero-order chi connectivity index (χ0) is 23.7. The molecule has 5 rings (SSSR count). The summed E-state index contributed by atoms with van der Waals surface area (Å²) in [6, 6.07) is 15.1. The highest BCUT2D eigenvalue weighted by Gasteiger charge is 2.31. The van der Waals surface area contributed by atoms with Gasteiger partial charge in [-0.2, -0.15) is 0 Å². The quantitative estimate of drug-likeness (QED) is 0.408. The predicted molar refractivity (Wildman–Crippen MR) is 125 cm³/mol. The van der Waals surface area contributed by atoms with Crippen LogP contribution in [0.2, 0.25) is 0 Å². The molecule has 2 aromatic carbocycles. The van der Waals surface area contributed by atoms with Crippen molar-refractivity contribution >= 4 is 17.8 Å². The topological polar surface area (TPSA) is 69.5 Å². The maximum Gasteiger partial charge on any atom is 0.295 e. The molecular weight excluding hydrogens is 435 g/mol. The van der Waals surface area contributed by atoms with E-state index in [1.165, 1.54) is 17.0 Å². The van der Waals surface area contributed by atoms with Crippen molar-refractivity contribution in [3.63, 3.8) is 0 Å². The Kier molecular flexibility index (Phi) is 5.55. The summed E-state index contributed by atoms with van der Waals surface area (Å²) in [5, 5.41) is 0. The molecule has 0 bridgehead atoms. The fourth-order valence-electron chi connectivity index (χ4n) is 3.77. The number of amides is 1. The normalized spacial score (nSPS) is 14.1. The van der Waals surface area contributed by atoms with Crippen LogP contribution in [0.1, 0.15) is 16.8 Å². The number of fused-ring (bicyclic) bond motifs is 1. The van der Waals surface area contributed by atoms with Crippen LogP contribution in [0.25, 0.3) is 11.8 Å². The molecule has 0 radical (unpaired) electrons. The molecule has 2 aromatic heterocycles. The van der Waals surface area contributed by atoms with E-state index in [-0.39, 0.29) is 24.0 Å². The maximum absolute atomic E-state index is 13.4.